The average molecular weight is 254 g/mol. The van der Waals surface area contributed by atoms with Crippen molar-refractivity contribution in [2.45, 2.75) is 25.3 Å². The predicted molar refractivity (Wildman–Crippen MR) is 67.9 cm³/mol. The van der Waals surface area contributed by atoms with E-state index in [1.165, 1.54) is 19.3 Å². The second-order valence-electron chi connectivity index (χ2n) is 4.98. The second-order valence-corrected chi connectivity index (χ2v) is 4.98. The minimum Gasteiger partial charge on any atom is -0.346 e. The van der Waals surface area contributed by atoms with E-state index in [-0.39, 0.29) is 24.9 Å². The fourth-order valence-corrected chi connectivity index (χ4v) is 2.45. The van der Waals surface area contributed by atoms with Crippen molar-refractivity contribution < 1.29 is 9.59 Å². The van der Waals surface area contributed by atoms with Crippen LogP contribution in [0, 0.1) is 0 Å². The summed E-state index contributed by atoms with van der Waals surface area (Å²) in [5, 5.41) is 2.52. The summed E-state index contributed by atoms with van der Waals surface area (Å²) in [6.45, 7) is 3.46. The summed E-state index contributed by atoms with van der Waals surface area (Å²) in [7, 11) is 0. The second kappa shape index (κ2) is 6.15. The van der Waals surface area contributed by atoms with Gasteiger partial charge >= 0.3 is 0 Å². The van der Waals surface area contributed by atoms with Crippen molar-refractivity contribution in [2.75, 3.05) is 39.3 Å². The largest absolute Gasteiger partial charge is 0.346 e. The number of rotatable bonds is 4. The molecule has 18 heavy (non-hydrogen) atoms. The highest BCUT2D eigenvalue weighted by Gasteiger charge is 2.29. The molecule has 0 radical (unpaired) electrons. The minimum absolute atomic E-state index is 0.00920. The first-order valence-corrected chi connectivity index (χ1v) is 6.69. The molecule has 0 atom stereocenters. The van der Waals surface area contributed by atoms with E-state index < -0.39 is 0 Å². The first-order valence-electron chi connectivity index (χ1n) is 6.69. The van der Waals surface area contributed by atoms with Gasteiger partial charge in [-0.1, -0.05) is 6.42 Å². The van der Waals surface area contributed by atoms with Gasteiger partial charge < -0.3 is 16.0 Å². The summed E-state index contributed by atoms with van der Waals surface area (Å²) in [5.74, 6) is -0.290. The zero-order valence-corrected chi connectivity index (χ0v) is 10.7. The number of amides is 2. The van der Waals surface area contributed by atoms with Gasteiger partial charge in [-0.3, -0.25) is 14.5 Å². The Balaban J connectivity index is 1.68. The molecule has 1 saturated heterocycles. The number of carbonyl (C=O) groups is 2. The van der Waals surface area contributed by atoms with Crippen LogP contribution < -0.4 is 11.1 Å². The van der Waals surface area contributed by atoms with Crippen molar-refractivity contribution in [1.82, 2.24) is 15.1 Å². The van der Waals surface area contributed by atoms with Gasteiger partial charge in [-0.25, -0.2) is 0 Å². The molecule has 2 amide bonds. The Morgan fingerprint density at radius 3 is 2.33 bits per heavy atom. The Morgan fingerprint density at radius 1 is 1.17 bits per heavy atom. The van der Waals surface area contributed by atoms with E-state index >= 15 is 0 Å². The third-order valence-electron chi connectivity index (χ3n) is 3.88. The maximum atomic E-state index is 11.8. The molecule has 6 nitrogen and oxygen atoms in total. The van der Waals surface area contributed by atoms with Crippen LogP contribution in [0.4, 0.5) is 0 Å². The summed E-state index contributed by atoms with van der Waals surface area (Å²) in [6.07, 6.45) is 3.95. The van der Waals surface area contributed by atoms with Crippen molar-refractivity contribution in [1.29, 1.82) is 0 Å². The Labute approximate surface area is 107 Å². The molecule has 1 heterocycles. The average Bonchev–Trinajstić information content (AvgIpc) is 2.34. The lowest BCUT2D eigenvalue weighted by Gasteiger charge is -2.42. The Bertz CT molecular complexity index is 309. The molecule has 2 rings (SSSR count). The molecule has 2 fully saturated rings. The van der Waals surface area contributed by atoms with Crippen LogP contribution in [-0.2, 0) is 9.59 Å². The standard InChI is InChI=1S/C12H22N4O2/c13-8-11(17)14-9-12(18)16-6-4-15(5-7-16)10-2-1-3-10/h10H,1-9,13H2,(H,14,17). The van der Waals surface area contributed by atoms with Gasteiger partial charge in [0.25, 0.3) is 0 Å². The van der Waals surface area contributed by atoms with Crippen LogP contribution in [-0.4, -0.2) is 66.9 Å². The van der Waals surface area contributed by atoms with Gasteiger partial charge in [0.1, 0.15) is 0 Å². The van der Waals surface area contributed by atoms with E-state index in [2.05, 4.69) is 10.2 Å². The Morgan fingerprint density at radius 2 is 1.83 bits per heavy atom. The zero-order valence-electron chi connectivity index (χ0n) is 10.7. The molecule has 102 valence electrons. The molecule has 3 N–H and O–H groups in total. The molecule has 1 aliphatic carbocycles. The third-order valence-corrected chi connectivity index (χ3v) is 3.88. The molecule has 1 aliphatic heterocycles. The van der Waals surface area contributed by atoms with Crippen LogP contribution >= 0.6 is 0 Å². The highest BCUT2D eigenvalue weighted by Crippen LogP contribution is 2.25. The van der Waals surface area contributed by atoms with Crippen LogP contribution in [0.1, 0.15) is 19.3 Å². The van der Waals surface area contributed by atoms with Gasteiger partial charge in [0.15, 0.2) is 0 Å². The van der Waals surface area contributed by atoms with Crippen LogP contribution in [0.25, 0.3) is 0 Å². The van der Waals surface area contributed by atoms with Crippen LogP contribution in [0.5, 0.6) is 0 Å². The smallest absolute Gasteiger partial charge is 0.242 e. The van der Waals surface area contributed by atoms with E-state index in [1.54, 1.807) is 0 Å². The maximum absolute atomic E-state index is 11.8. The fourth-order valence-electron chi connectivity index (χ4n) is 2.45. The van der Waals surface area contributed by atoms with E-state index in [0.29, 0.717) is 0 Å². The molecule has 6 heteroatoms. The van der Waals surface area contributed by atoms with E-state index in [4.69, 9.17) is 5.73 Å². The first-order chi connectivity index (χ1) is 8.70. The number of hydrogen-bond acceptors (Lipinski definition) is 4. The van der Waals surface area contributed by atoms with Gasteiger partial charge in [-0.15, -0.1) is 0 Å². The summed E-state index contributed by atoms with van der Waals surface area (Å²) in [5.41, 5.74) is 5.17. The van der Waals surface area contributed by atoms with Gasteiger partial charge in [0.05, 0.1) is 13.1 Å². The molecule has 0 unspecified atom stereocenters. The molecule has 0 aromatic rings. The molecule has 0 aromatic heterocycles. The predicted octanol–water partition coefficient (Wildman–Crippen LogP) is -1.24. The molecule has 2 aliphatic rings. The monoisotopic (exact) mass is 254 g/mol. The lowest BCUT2D eigenvalue weighted by molar-refractivity contribution is -0.134. The molecular weight excluding hydrogens is 232 g/mol. The number of hydrogen-bond donors (Lipinski definition) is 2. The highest BCUT2D eigenvalue weighted by atomic mass is 16.2. The maximum Gasteiger partial charge on any atom is 0.242 e. The van der Waals surface area contributed by atoms with Crippen molar-refractivity contribution >= 4 is 11.8 Å². The van der Waals surface area contributed by atoms with Crippen molar-refractivity contribution in [3.05, 3.63) is 0 Å². The van der Waals surface area contributed by atoms with E-state index in [9.17, 15) is 9.59 Å². The number of nitrogens with two attached hydrogens (primary N) is 1. The highest BCUT2D eigenvalue weighted by molar-refractivity contribution is 5.85. The van der Waals surface area contributed by atoms with Gasteiger partial charge in [0.2, 0.25) is 11.8 Å². The normalized spacial score (nSPS) is 21.5. The van der Waals surface area contributed by atoms with Crippen molar-refractivity contribution in [3.63, 3.8) is 0 Å². The van der Waals surface area contributed by atoms with Crippen molar-refractivity contribution in [3.8, 4) is 0 Å². The molecular formula is C12H22N4O2. The summed E-state index contributed by atoms with van der Waals surface area (Å²) in [6, 6.07) is 0.749. The van der Waals surface area contributed by atoms with Crippen LogP contribution in [0.3, 0.4) is 0 Å². The molecule has 0 aromatic carbocycles. The summed E-state index contributed by atoms with van der Waals surface area (Å²) < 4.78 is 0. The number of piperazine rings is 1. The quantitative estimate of drug-likeness (QED) is 0.657. The first kappa shape index (κ1) is 13.3. The van der Waals surface area contributed by atoms with Gasteiger partial charge in [-0.2, -0.15) is 0 Å². The SMILES string of the molecule is NCC(=O)NCC(=O)N1CCN(C2CCC2)CC1. The van der Waals surface area contributed by atoms with E-state index in [1.807, 2.05) is 4.90 Å². The molecule has 1 saturated carbocycles. The van der Waals surface area contributed by atoms with Crippen LogP contribution in [0.2, 0.25) is 0 Å². The summed E-state index contributed by atoms with van der Waals surface area (Å²) >= 11 is 0. The molecule has 0 bridgehead atoms. The molecule has 0 spiro atoms. The number of carbonyl (C=O) groups excluding carboxylic acids is 2. The lowest BCUT2D eigenvalue weighted by Crippen LogP contribution is -2.55. The number of nitrogens with one attached hydrogen (secondary N) is 1. The van der Waals surface area contributed by atoms with Crippen LogP contribution in [0.15, 0.2) is 0 Å². The van der Waals surface area contributed by atoms with E-state index in [0.717, 1.165) is 32.2 Å². The van der Waals surface area contributed by atoms with Gasteiger partial charge in [0, 0.05) is 32.2 Å². The number of nitrogens with zero attached hydrogens (tertiary/aromatic N) is 2. The Kier molecular flexibility index (Phi) is 4.54. The minimum atomic E-state index is -0.281. The van der Waals surface area contributed by atoms with Crippen molar-refractivity contribution in [2.24, 2.45) is 5.73 Å². The topological polar surface area (TPSA) is 78.7 Å². The lowest BCUT2D eigenvalue weighted by atomic mass is 9.91. The fraction of sp³-hybridized carbons (Fsp3) is 0.833. The van der Waals surface area contributed by atoms with Gasteiger partial charge in [-0.05, 0) is 12.8 Å². The Hall–Kier alpha value is -1.14. The third kappa shape index (κ3) is 3.20. The summed E-state index contributed by atoms with van der Waals surface area (Å²) in [4.78, 5) is 27.1. The zero-order chi connectivity index (χ0) is 13.0.